The third-order valence-electron chi connectivity index (χ3n) is 3.53. The molecule has 1 aromatic carbocycles. The van der Waals surface area contributed by atoms with Crippen molar-refractivity contribution in [3.63, 3.8) is 0 Å². The van der Waals surface area contributed by atoms with Crippen LogP contribution in [0.3, 0.4) is 0 Å². The van der Waals surface area contributed by atoms with Crippen molar-refractivity contribution in [1.82, 2.24) is 20.0 Å². The zero-order chi connectivity index (χ0) is 16.9. The number of benzene rings is 1. The maximum atomic E-state index is 11.9. The first kappa shape index (κ1) is 15.8. The van der Waals surface area contributed by atoms with Crippen molar-refractivity contribution in [3.05, 3.63) is 54.0 Å². The molecule has 0 unspecified atom stereocenters. The Balaban J connectivity index is 1.51. The second-order valence-corrected chi connectivity index (χ2v) is 5.35. The van der Waals surface area contributed by atoms with Crippen molar-refractivity contribution in [2.75, 3.05) is 6.61 Å². The Hall–Kier alpha value is -3.09. The van der Waals surface area contributed by atoms with Crippen molar-refractivity contribution >= 4 is 5.91 Å². The number of para-hydroxylation sites is 1. The van der Waals surface area contributed by atoms with Gasteiger partial charge in [0.25, 0.3) is 5.91 Å². The lowest BCUT2D eigenvalue weighted by Gasteiger charge is -2.08. The molecule has 0 atom stereocenters. The van der Waals surface area contributed by atoms with Gasteiger partial charge in [0.05, 0.1) is 12.2 Å². The van der Waals surface area contributed by atoms with Crippen LogP contribution in [0.25, 0.3) is 11.5 Å². The van der Waals surface area contributed by atoms with Crippen molar-refractivity contribution in [1.29, 1.82) is 0 Å². The number of hydrogen-bond donors (Lipinski definition) is 1. The van der Waals surface area contributed by atoms with Crippen LogP contribution in [0.1, 0.15) is 11.5 Å². The quantitative estimate of drug-likeness (QED) is 0.750. The summed E-state index contributed by atoms with van der Waals surface area (Å²) in [6.07, 6.45) is 1.90. The fourth-order valence-corrected chi connectivity index (χ4v) is 2.21. The molecule has 7 nitrogen and oxygen atoms in total. The van der Waals surface area contributed by atoms with Gasteiger partial charge in [0, 0.05) is 13.2 Å². The molecule has 0 aliphatic heterocycles. The molecule has 0 saturated heterocycles. The van der Waals surface area contributed by atoms with Gasteiger partial charge in [0.15, 0.2) is 6.61 Å². The highest BCUT2D eigenvalue weighted by Gasteiger charge is 2.12. The number of nitrogens with zero attached hydrogens (tertiary/aromatic N) is 3. The van der Waals surface area contributed by atoms with Crippen LogP contribution in [0.2, 0.25) is 0 Å². The summed E-state index contributed by atoms with van der Waals surface area (Å²) in [5, 5.41) is 6.61. The van der Waals surface area contributed by atoms with Crippen LogP contribution in [-0.2, 0) is 18.4 Å². The number of rotatable bonds is 6. The molecule has 0 bridgehead atoms. The molecule has 124 valence electrons. The van der Waals surface area contributed by atoms with E-state index in [1.807, 2.05) is 61.1 Å². The number of nitrogens with one attached hydrogen (secondary N) is 1. The average molecular weight is 326 g/mol. The highest BCUT2D eigenvalue weighted by Crippen LogP contribution is 2.16. The monoisotopic (exact) mass is 326 g/mol. The van der Waals surface area contributed by atoms with E-state index < -0.39 is 0 Å². The highest BCUT2D eigenvalue weighted by molar-refractivity contribution is 5.77. The third-order valence-corrected chi connectivity index (χ3v) is 3.53. The molecule has 0 saturated carbocycles. The Labute approximate surface area is 139 Å². The summed E-state index contributed by atoms with van der Waals surface area (Å²) in [6, 6.07) is 11.3. The molecule has 7 heteroatoms. The molecule has 0 spiro atoms. The van der Waals surface area contributed by atoms with E-state index in [2.05, 4.69) is 15.5 Å². The maximum absolute atomic E-state index is 11.9. The summed E-state index contributed by atoms with van der Waals surface area (Å²) < 4.78 is 12.5. The Kier molecular flexibility index (Phi) is 4.60. The van der Waals surface area contributed by atoms with Crippen LogP contribution in [0.4, 0.5) is 0 Å². The van der Waals surface area contributed by atoms with E-state index in [4.69, 9.17) is 9.26 Å². The molecule has 2 heterocycles. The second kappa shape index (κ2) is 6.99. The topological polar surface area (TPSA) is 82.2 Å². The smallest absolute Gasteiger partial charge is 0.258 e. The summed E-state index contributed by atoms with van der Waals surface area (Å²) in [5.41, 5.74) is 1.83. The minimum Gasteiger partial charge on any atom is -0.484 e. The summed E-state index contributed by atoms with van der Waals surface area (Å²) in [7, 11) is 1.90. The predicted octanol–water partition coefficient (Wildman–Crippen LogP) is 2.08. The van der Waals surface area contributed by atoms with Gasteiger partial charge in [-0.05, 0) is 30.7 Å². The Morgan fingerprint density at radius 2 is 2.12 bits per heavy atom. The fraction of sp³-hybridized carbons (Fsp3) is 0.235. The van der Waals surface area contributed by atoms with Crippen LogP contribution in [0, 0.1) is 6.92 Å². The van der Waals surface area contributed by atoms with E-state index in [9.17, 15) is 4.79 Å². The largest absolute Gasteiger partial charge is 0.484 e. The number of ether oxygens (including phenoxy) is 1. The third kappa shape index (κ3) is 3.62. The van der Waals surface area contributed by atoms with E-state index in [0.717, 1.165) is 11.3 Å². The van der Waals surface area contributed by atoms with Crippen molar-refractivity contribution in [2.45, 2.75) is 13.5 Å². The van der Waals surface area contributed by atoms with Gasteiger partial charge in [-0.2, -0.15) is 4.98 Å². The Morgan fingerprint density at radius 1 is 1.29 bits per heavy atom. The van der Waals surface area contributed by atoms with E-state index in [1.54, 1.807) is 0 Å². The van der Waals surface area contributed by atoms with Gasteiger partial charge in [-0.3, -0.25) is 4.79 Å². The SMILES string of the molecule is Cc1ccccc1OCC(=O)NCc1nc(-c2cccn2C)no1. The molecule has 0 aliphatic rings. The van der Waals surface area contributed by atoms with Crippen LogP contribution >= 0.6 is 0 Å². The van der Waals surface area contributed by atoms with Crippen LogP contribution < -0.4 is 10.1 Å². The molecule has 1 amide bonds. The van der Waals surface area contributed by atoms with Crippen LogP contribution in [0.15, 0.2) is 47.1 Å². The Morgan fingerprint density at radius 3 is 2.88 bits per heavy atom. The van der Waals surface area contributed by atoms with Gasteiger partial charge in [0.2, 0.25) is 11.7 Å². The lowest BCUT2D eigenvalue weighted by atomic mass is 10.2. The minimum atomic E-state index is -0.253. The standard InChI is InChI=1S/C17H18N4O3/c1-12-6-3-4-8-14(12)23-11-15(22)18-10-16-19-17(20-24-16)13-7-5-9-21(13)2/h3-9H,10-11H2,1-2H3,(H,18,22). The molecule has 2 aromatic heterocycles. The fourth-order valence-electron chi connectivity index (χ4n) is 2.21. The van der Waals surface area contributed by atoms with Crippen LogP contribution in [0.5, 0.6) is 5.75 Å². The van der Waals surface area contributed by atoms with Crippen LogP contribution in [-0.4, -0.2) is 27.2 Å². The predicted molar refractivity (Wildman–Crippen MR) is 87.2 cm³/mol. The lowest BCUT2D eigenvalue weighted by Crippen LogP contribution is -2.28. The molecule has 3 rings (SSSR count). The first-order valence-corrected chi connectivity index (χ1v) is 7.53. The van der Waals surface area contributed by atoms with Crippen molar-refractivity contribution in [2.24, 2.45) is 7.05 Å². The van der Waals surface area contributed by atoms with Gasteiger partial charge in [0.1, 0.15) is 5.75 Å². The number of hydrogen-bond acceptors (Lipinski definition) is 5. The first-order chi connectivity index (χ1) is 11.6. The van der Waals surface area contributed by atoms with Gasteiger partial charge in [-0.15, -0.1) is 0 Å². The van der Waals surface area contributed by atoms with Gasteiger partial charge >= 0.3 is 0 Å². The molecular formula is C17H18N4O3. The Bertz CT molecular complexity index is 838. The van der Waals surface area contributed by atoms with Gasteiger partial charge < -0.3 is 19.1 Å². The molecule has 3 aromatic rings. The number of aryl methyl sites for hydroxylation is 2. The van der Waals surface area contributed by atoms with E-state index in [0.29, 0.717) is 17.5 Å². The summed E-state index contributed by atoms with van der Waals surface area (Å²) in [6.45, 7) is 2.02. The number of amides is 1. The van der Waals surface area contributed by atoms with Crippen molar-refractivity contribution < 1.29 is 14.1 Å². The number of carbonyl (C=O) groups excluding carboxylic acids is 1. The normalized spacial score (nSPS) is 10.6. The molecule has 0 aliphatic carbocycles. The minimum absolute atomic E-state index is 0.0658. The molecule has 24 heavy (non-hydrogen) atoms. The van der Waals surface area contributed by atoms with Gasteiger partial charge in [-0.1, -0.05) is 23.4 Å². The second-order valence-electron chi connectivity index (χ2n) is 5.35. The zero-order valence-electron chi connectivity index (χ0n) is 13.5. The molecule has 0 fully saturated rings. The summed E-state index contributed by atoms with van der Waals surface area (Å²) in [4.78, 5) is 16.1. The summed E-state index contributed by atoms with van der Waals surface area (Å²) in [5.74, 6) is 1.27. The van der Waals surface area contributed by atoms with E-state index >= 15 is 0 Å². The first-order valence-electron chi connectivity index (χ1n) is 7.53. The maximum Gasteiger partial charge on any atom is 0.258 e. The average Bonchev–Trinajstić information content (AvgIpc) is 3.20. The van der Waals surface area contributed by atoms with E-state index in [-0.39, 0.29) is 19.1 Å². The highest BCUT2D eigenvalue weighted by atomic mass is 16.5. The number of aromatic nitrogens is 3. The molecule has 1 N–H and O–H groups in total. The number of carbonyl (C=O) groups is 1. The summed E-state index contributed by atoms with van der Waals surface area (Å²) >= 11 is 0. The lowest BCUT2D eigenvalue weighted by molar-refractivity contribution is -0.123. The van der Waals surface area contributed by atoms with Crippen molar-refractivity contribution in [3.8, 4) is 17.3 Å². The van der Waals surface area contributed by atoms with Gasteiger partial charge in [-0.25, -0.2) is 0 Å². The zero-order valence-corrected chi connectivity index (χ0v) is 13.5. The molecular weight excluding hydrogens is 308 g/mol. The molecule has 0 radical (unpaired) electrons. The van der Waals surface area contributed by atoms with E-state index in [1.165, 1.54) is 0 Å².